The highest BCUT2D eigenvalue weighted by molar-refractivity contribution is 9.10. The average molecular weight is 425 g/mol. The Morgan fingerprint density at radius 2 is 1.93 bits per heavy atom. The minimum atomic E-state index is 0.0239. The summed E-state index contributed by atoms with van der Waals surface area (Å²) in [6.07, 6.45) is 2.42. The average Bonchev–Trinajstić information content (AvgIpc) is 3.40. The number of anilines is 1. The van der Waals surface area contributed by atoms with Crippen molar-refractivity contribution in [1.82, 2.24) is 0 Å². The third-order valence-electron chi connectivity index (χ3n) is 4.83. The van der Waals surface area contributed by atoms with Crippen LogP contribution in [0.4, 0.5) is 5.69 Å². The highest BCUT2D eigenvalue weighted by Crippen LogP contribution is 2.44. The zero-order valence-electron chi connectivity index (χ0n) is 14.7. The number of fused-ring (bicyclic) bond motifs is 1. The van der Waals surface area contributed by atoms with Crippen molar-refractivity contribution in [2.24, 2.45) is 5.10 Å². The predicted octanol–water partition coefficient (Wildman–Crippen LogP) is 5.43. The van der Waals surface area contributed by atoms with E-state index in [0.29, 0.717) is 0 Å². The fraction of sp³-hybridized carbons (Fsp3) is 0.190. The van der Waals surface area contributed by atoms with Crippen molar-refractivity contribution < 1.29 is 13.9 Å². The van der Waals surface area contributed by atoms with Crippen LogP contribution in [-0.2, 0) is 0 Å². The molecule has 0 saturated heterocycles. The third-order valence-corrected chi connectivity index (χ3v) is 5.52. The second-order valence-corrected chi connectivity index (χ2v) is 7.51. The number of hydrogen-bond donors (Lipinski definition) is 0. The molecule has 6 heteroatoms. The van der Waals surface area contributed by atoms with Gasteiger partial charge in [0.05, 0.1) is 18.0 Å². The molecule has 2 aliphatic rings. The molecule has 0 saturated carbocycles. The van der Waals surface area contributed by atoms with E-state index in [1.54, 1.807) is 6.26 Å². The van der Waals surface area contributed by atoms with Gasteiger partial charge in [-0.1, -0.05) is 28.1 Å². The van der Waals surface area contributed by atoms with Crippen molar-refractivity contribution in [2.45, 2.75) is 19.4 Å². The lowest BCUT2D eigenvalue weighted by molar-refractivity contribution is 0.174. The lowest BCUT2D eigenvalue weighted by atomic mass is 10.00. The van der Waals surface area contributed by atoms with E-state index in [1.807, 2.05) is 24.3 Å². The minimum absolute atomic E-state index is 0.0239. The van der Waals surface area contributed by atoms with Crippen LogP contribution in [0.15, 0.2) is 68.8 Å². The highest BCUT2D eigenvalue weighted by atomic mass is 79.9. The standard InChI is InChI=1S/C21H17BrN2O3/c1-13-4-2-5-14(8-13)24-18(11-17(23-24)19-6-3-7-25-19)15-9-20-21(10-16(15)22)27-12-26-20/h2-10,18H,11-12H2,1H3. The third kappa shape index (κ3) is 2.90. The SMILES string of the molecule is Cc1cccc(N2N=C(c3ccco3)CC2c2cc3c(cc2Br)OCO3)c1. The lowest BCUT2D eigenvalue weighted by Crippen LogP contribution is -2.19. The molecule has 3 aromatic rings. The molecule has 5 rings (SSSR count). The quantitative estimate of drug-likeness (QED) is 0.561. The number of aryl methyl sites for hydroxylation is 1. The van der Waals surface area contributed by atoms with E-state index in [4.69, 9.17) is 19.0 Å². The maximum Gasteiger partial charge on any atom is 0.231 e. The molecule has 1 aromatic heterocycles. The van der Waals surface area contributed by atoms with E-state index in [-0.39, 0.29) is 12.8 Å². The molecule has 2 aliphatic heterocycles. The molecule has 27 heavy (non-hydrogen) atoms. The summed E-state index contributed by atoms with van der Waals surface area (Å²) >= 11 is 3.71. The van der Waals surface area contributed by atoms with Crippen LogP contribution in [0.3, 0.4) is 0 Å². The number of nitrogens with zero attached hydrogens (tertiary/aromatic N) is 2. The monoisotopic (exact) mass is 424 g/mol. The second-order valence-electron chi connectivity index (χ2n) is 6.65. The first-order valence-electron chi connectivity index (χ1n) is 8.75. The van der Waals surface area contributed by atoms with Crippen molar-refractivity contribution in [3.63, 3.8) is 0 Å². The summed E-state index contributed by atoms with van der Waals surface area (Å²) in [6, 6.07) is 16.2. The van der Waals surface area contributed by atoms with Gasteiger partial charge in [-0.25, -0.2) is 0 Å². The Labute approximate surface area is 165 Å². The Morgan fingerprint density at radius 3 is 2.70 bits per heavy atom. The van der Waals surface area contributed by atoms with Gasteiger partial charge in [-0.05, 0) is 54.4 Å². The van der Waals surface area contributed by atoms with E-state index in [1.165, 1.54) is 5.56 Å². The van der Waals surface area contributed by atoms with Gasteiger partial charge in [-0.2, -0.15) is 5.10 Å². The van der Waals surface area contributed by atoms with Crippen LogP contribution in [0.1, 0.15) is 29.3 Å². The summed E-state index contributed by atoms with van der Waals surface area (Å²) in [5.41, 5.74) is 4.27. The fourth-order valence-electron chi connectivity index (χ4n) is 3.54. The van der Waals surface area contributed by atoms with Crippen LogP contribution >= 0.6 is 15.9 Å². The first-order chi connectivity index (χ1) is 13.2. The maximum absolute atomic E-state index is 5.60. The molecular weight excluding hydrogens is 408 g/mol. The van der Waals surface area contributed by atoms with Gasteiger partial charge in [-0.3, -0.25) is 5.01 Å². The van der Waals surface area contributed by atoms with Gasteiger partial charge in [0.15, 0.2) is 11.5 Å². The predicted molar refractivity (Wildman–Crippen MR) is 107 cm³/mol. The van der Waals surface area contributed by atoms with Crippen molar-refractivity contribution in [1.29, 1.82) is 0 Å². The topological polar surface area (TPSA) is 47.2 Å². The van der Waals surface area contributed by atoms with Gasteiger partial charge in [-0.15, -0.1) is 0 Å². The molecule has 3 heterocycles. The molecule has 0 spiro atoms. The molecule has 136 valence electrons. The van der Waals surface area contributed by atoms with Crippen molar-refractivity contribution >= 4 is 27.3 Å². The zero-order chi connectivity index (χ0) is 18.4. The summed E-state index contributed by atoms with van der Waals surface area (Å²) in [6.45, 7) is 2.34. The number of rotatable bonds is 3. The number of hydrazone groups is 1. The van der Waals surface area contributed by atoms with Crippen LogP contribution < -0.4 is 14.5 Å². The molecule has 5 nitrogen and oxygen atoms in total. The first-order valence-corrected chi connectivity index (χ1v) is 9.54. The number of hydrogen-bond acceptors (Lipinski definition) is 5. The van der Waals surface area contributed by atoms with E-state index in [0.717, 1.165) is 45.1 Å². The normalized spacial score (nSPS) is 18.1. The zero-order valence-corrected chi connectivity index (χ0v) is 16.3. The van der Waals surface area contributed by atoms with Crippen LogP contribution in [0.2, 0.25) is 0 Å². The van der Waals surface area contributed by atoms with E-state index >= 15 is 0 Å². The summed E-state index contributed by atoms with van der Waals surface area (Å²) in [4.78, 5) is 0. The molecule has 0 N–H and O–H groups in total. The van der Waals surface area contributed by atoms with Gasteiger partial charge < -0.3 is 13.9 Å². The molecule has 0 amide bonds. The molecule has 0 bridgehead atoms. The number of ether oxygens (including phenoxy) is 2. The van der Waals surface area contributed by atoms with Crippen molar-refractivity contribution in [3.8, 4) is 11.5 Å². The van der Waals surface area contributed by atoms with Crippen LogP contribution in [0, 0.1) is 6.92 Å². The Morgan fingerprint density at radius 1 is 1.07 bits per heavy atom. The summed E-state index contributed by atoms with van der Waals surface area (Å²) in [7, 11) is 0. The number of furan rings is 1. The Hall–Kier alpha value is -2.73. The summed E-state index contributed by atoms with van der Waals surface area (Å²) in [5.74, 6) is 2.33. The van der Waals surface area contributed by atoms with E-state index in [9.17, 15) is 0 Å². The molecule has 1 unspecified atom stereocenters. The molecule has 0 fully saturated rings. The fourth-order valence-corrected chi connectivity index (χ4v) is 4.13. The summed E-state index contributed by atoms with van der Waals surface area (Å²) in [5, 5.41) is 6.96. The molecular formula is C21H17BrN2O3. The lowest BCUT2D eigenvalue weighted by Gasteiger charge is -2.25. The smallest absolute Gasteiger partial charge is 0.231 e. The Kier molecular flexibility index (Phi) is 3.93. The van der Waals surface area contributed by atoms with E-state index < -0.39 is 0 Å². The largest absolute Gasteiger partial charge is 0.463 e. The minimum Gasteiger partial charge on any atom is -0.463 e. The molecule has 1 atom stereocenters. The van der Waals surface area contributed by atoms with Gasteiger partial charge >= 0.3 is 0 Å². The van der Waals surface area contributed by atoms with Crippen LogP contribution in [0.25, 0.3) is 0 Å². The van der Waals surface area contributed by atoms with Crippen LogP contribution in [-0.4, -0.2) is 12.5 Å². The van der Waals surface area contributed by atoms with Gasteiger partial charge in [0, 0.05) is 10.9 Å². The Bertz CT molecular complexity index is 1030. The van der Waals surface area contributed by atoms with Gasteiger partial charge in [0.2, 0.25) is 6.79 Å². The second kappa shape index (κ2) is 6.46. The highest BCUT2D eigenvalue weighted by Gasteiger charge is 2.33. The number of benzene rings is 2. The van der Waals surface area contributed by atoms with Crippen molar-refractivity contribution in [2.75, 3.05) is 11.8 Å². The summed E-state index contributed by atoms with van der Waals surface area (Å²) < 4.78 is 17.7. The van der Waals surface area contributed by atoms with Crippen LogP contribution in [0.5, 0.6) is 11.5 Å². The van der Waals surface area contributed by atoms with Gasteiger partial charge in [0.25, 0.3) is 0 Å². The van der Waals surface area contributed by atoms with Crippen molar-refractivity contribution in [3.05, 3.63) is 76.2 Å². The van der Waals surface area contributed by atoms with Gasteiger partial charge in [0.1, 0.15) is 11.5 Å². The molecule has 0 aliphatic carbocycles. The maximum atomic E-state index is 5.60. The first kappa shape index (κ1) is 16.4. The molecule has 2 aromatic carbocycles. The Balaban J connectivity index is 1.60. The van der Waals surface area contributed by atoms with E-state index in [2.05, 4.69) is 52.1 Å². The number of halogens is 1. The molecule has 0 radical (unpaired) electrons.